The van der Waals surface area contributed by atoms with Crippen molar-refractivity contribution in [2.45, 2.75) is 64.3 Å². The third-order valence-corrected chi connectivity index (χ3v) is 3.53. The van der Waals surface area contributed by atoms with Crippen molar-refractivity contribution in [3.05, 3.63) is 0 Å². The fourth-order valence-electron chi connectivity index (χ4n) is 2.56. The van der Waals surface area contributed by atoms with E-state index in [0.29, 0.717) is 5.92 Å². The standard InChI is InChI=1S/C12H26N2O2/c1-12(2,16)14(9-13)11(15)8-10-6-4-3-5-7-10/h10-11,15-16H,3-9,13H2,1-2H3. The molecular formula is C12H26N2O2. The molecule has 16 heavy (non-hydrogen) atoms. The fourth-order valence-corrected chi connectivity index (χ4v) is 2.56. The molecule has 0 aromatic carbocycles. The van der Waals surface area contributed by atoms with Gasteiger partial charge in [-0.15, -0.1) is 0 Å². The van der Waals surface area contributed by atoms with Crippen molar-refractivity contribution < 1.29 is 10.2 Å². The summed E-state index contributed by atoms with van der Waals surface area (Å²) in [6.45, 7) is 3.49. The molecule has 0 saturated heterocycles. The molecule has 0 spiro atoms. The lowest BCUT2D eigenvalue weighted by Gasteiger charge is -2.38. The molecule has 4 nitrogen and oxygen atoms in total. The highest BCUT2D eigenvalue weighted by Gasteiger charge is 2.30. The van der Waals surface area contributed by atoms with Crippen LogP contribution in [0.1, 0.15) is 52.4 Å². The van der Waals surface area contributed by atoms with Gasteiger partial charge in [0.15, 0.2) is 0 Å². The van der Waals surface area contributed by atoms with E-state index in [0.717, 1.165) is 6.42 Å². The topological polar surface area (TPSA) is 69.7 Å². The van der Waals surface area contributed by atoms with E-state index in [2.05, 4.69) is 0 Å². The van der Waals surface area contributed by atoms with Crippen LogP contribution in [0.5, 0.6) is 0 Å². The van der Waals surface area contributed by atoms with Gasteiger partial charge < -0.3 is 15.9 Å². The smallest absolute Gasteiger partial charge is 0.115 e. The highest BCUT2D eigenvalue weighted by Crippen LogP contribution is 2.29. The summed E-state index contributed by atoms with van der Waals surface area (Å²) in [6, 6.07) is 0. The Labute approximate surface area is 98.4 Å². The number of hydrogen-bond acceptors (Lipinski definition) is 4. The van der Waals surface area contributed by atoms with Crippen molar-refractivity contribution in [1.29, 1.82) is 0 Å². The molecule has 0 aromatic rings. The summed E-state index contributed by atoms with van der Waals surface area (Å²) in [4.78, 5) is 1.54. The zero-order valence-electron chi connectivity index (χ0n) is 10.5. The Kier molecular flexibility index (Phi) is 5.18. The van der Waals surface area contributed by atoms with Gasteiger partial charge in [0, 0.05) is 0 Å². The minimum absolute atomic E-state index is 0.178. The monoisotopic (exact) mass is 230 g/mol. The number of aliphatic hydroxyl groups excluding tert-OH is 1. The van der Waals surface area contributed by atoms with Crippen LogP contribution in [0.15, 0.2) is 0 Å². The minimum atomic E-state index is -1.05. The van der Waals surface area contributed by atoms with Crippen molar-refractivity contribution in [3.63, 3.8) is 0 Å². The highest BCUT2D eigenvalue weighted by molar-refractivity contribution is 4.75. The predicted octanol–water partition coefficient (Wildman–Crippen LogP) is 1.22. The Morgan fingerprint density at radius 1 is 1.31 bits per heavy atom. The quantitative estimate of drug-likeness (QED) is 0.621. The van der Waals surface area contributed by atoms with E-state index in [-0.39, 0.29) is 6.67 Å². The maximum atomic E-state index is 10.1. The molecule has 0 aliphatic heterocycles. The SMILES string of the molecule is CC(C)(O)N(CN)C(O)CC1CCCCC1. The van der Waals surface area contributed by atoms with Gasteiger partial charge >= 0.3 is 0 Å². The number of nitrogens with two attached hydrogens (primary N) is 1. The Bertz CT molecular complexity index is 198. The molecule has 4 N–H and O–H groups in total. The first-order chi connectivity index (χ1) is 7.45. The normalized spacial score (nSPS) is 21.4. The summed E-state index contributed by atoms with van der Waals surface area (Å²) in [5.41, 5.74) is 4.52. The van der Waals surface area contributed by atoms with E-state index >= 15 is 0 Å². The Morgan fingerprint density at radius 3 is 2.31 bits per heavy atom. The average Bonchev–Trinajstić information content (AvgIpc) is 2.17. The Hall–Kier alpha value is -0.160. The van der Waals surface area contributed by atoms with E-state index < -0.39 is 12.0 Å². The predicted molar refractivity (Wildman–Crippen MR) is 64.4 cm³/mol. The van der Waals surface area contributed by atoms with Gasteiger partial charge in [0.1, 0.15) is 12.0 Å². The van der Waals surface area contributed by atoms with Crippen LogP contribution >= 0.6 is 0 Å². The Balaban J connectivity index is 2.45. The lowest BCUT2D eigenvalue weighted by atomic mass is 9.86. The van der Waals surface area contributed by atoms with Gasteiger partial charge in [0.25, 0.3) is 0 Å². The van der Waals surface area contributed by atoms with E-state index in [1.165, 1.54) is 32.1 Å². The van der Waals surface area contributed by atoms with Crippen LogP contribution in [0.3, 0.4) is 0 Å². The molecule has 1 saturated carbocycles. The molecule has 0 aromatic heterocycles. The highest BCUT2D eigenvalue weighted by atomic mass is 16.3. The van der Waals surface area contributed by atoms with Gasteiger partial charge in [-0.3, -0.25) is 0 Å². The van der Waals surface area contributed by atoms with Gasteiger partial charge in [-0.25, -0.2) is 4.90 Å². The summed E-state index contributed by atoms with van der Waals surface area (Å²) in [6.07, 6.45) is 6.33. The Morgan fingerprint density at radius 2 is 1.88 bits per heavy atom. The third kappa shape index (κ3) is 4.01. The molecule has 1 aliphatic carbocycles. The molecule has 1 atom stereocenters. The first kappa shape index (κ1) is 13.9. The van der Waals surface area contributed by atoms with Crippen molar-refractivity contribution >= 4 is 0 Å². The maximum absolute atomic E-state index is 10.1. The summed E-state index contributed by atoms with van der Waals surface area (Å²) in [7, 11) is 0. The van der Waals surface area contributed by atoms with Crippen LogP contribution in [0, 0.1) is 5.92 Å². The molecule has 4 heteroatoms. The largest absolute Gasteiger partial charge is 0.378 e. The van der Waals surface area contributed by atoms with Crippen molar-refractivity contribution in [3.8, 4) is 0 Å². The molecule has 0 amide bonds. The lowest BCUT2D eigenvalue weighted by Crippen LogP contribution is -2.53. The zero-order valence-corrected chi connectivity index (χ0v) is 10.5. The first-order valence-corrected chi connectivity index (χ1v) is 6.32. The molecule has 0 heterocycles. The molecule has 0 radical (unpaired) electrons. The molecular weight excluding hydrogens is 204 g/mol. The molecule has 0 bridgehead atoms. The van der Waals surface area contributed by atoms with Crippen molar-refractivity contribution in [2.24, 2.45) is 11.7 Å². The van der Waals surface area contributed by atoms with Crippen LogP contribution in [-0.4, -0.2) is 33.7 Å². The van der Waals surface area contributed by atoms with E-state index in [9.17, 15) is 10.2 Å². The number of aliphatic hydroxyl groups is 2. The van der Waals surface area contributed by atoms with E-state index in [4.69, 9.17) is 5.73 Å². The number of hydrogen-bond donors (Lipinski definition) is 3. The summed E-state index contributed by atoms with van der Waals surface area (Å²) in [5, 5.41) is 19.9. The first-order valence-electron chi connectivity index (χ1n) is 6.32. The van der Waals surface area contributed by atoms with Crippen LogP contribution in [0.4, 0.5) is 0 Å². The van der Waals surface area contributed by atoms with Gasteiger partial charge in [-0.1, -0.05) is 32.1 Å². The van der Waals surface area contributed by atoms with E-state index in [1.54, 1.807) is 18.7 Å². The second-order valence-corrected chi connectivity index (χ2v) is 5.37. The van der Waals surface area contributed by atoms with Gasteiger partial charge in [-0.05, 0) is 26.2 Å². The number of nitrogens with zero attached hydrogens (tertiary/aromatic N) is 1. The number of rotatable bonds is 5. The van der Waals surface area contributed by atoms with Gasteiger partial charge in [-0.2, -0.15) is 0 Å². The molecule has 1 rings (SSSR count). The molecule has 1 fully saturated rings. The van der Waals surface area contributed by atoms with Crippen LogP contribution in [0.2, 0.25) is 0 Å². The van der Waals surface area contributed by atoms with Crippen molar-refractivity contribution in [1.82, 2.24) is 4.90 Å². The lowest BCUT2D eigenvalue weighted by molar-refractivity contribution is -0.161. The fraction of sp³-hybridized carbons (Fsp3) is 1.00. The second-order valence-electron chi connectivity index (χ2n) is 5.37. The van der Waals surface area contributed by atoms with E-state index in [1.807, 2.05) is 0 Å². The molecule has 96 valence electrons. The molecule has 1 aliphatic rings. The summed E-state index contributed by atoms with van der Waals surface area (Å²) < 4.78 is 0. The van der Waals surface area contributed by atoms with Crippen LogP contribution < -0.4 is 5.73 Å². The van der Waals surface area contributed by atoms with Crippen LogP contribution in [-0.2, 0) is 0 Å². The zero-order chi connectivity index (χ0) is 12.2. The summed E-state index contributed by atoms with van der Waals surface area (Å²) in [5.74, 6) is 0.583. The average molecular weight is 230 g/mol. The molecule has 1 unspecified atom stereocenters. The van der Waals surface area contributed by atoms with Gasteiger partial charge in [0.05, 0.1) is 6.67 Å². The van der Waals surface area contributed by atoms with Gasteiger partial charge in [0.2, 0.25) is 0 Å². The second kappa shape index (κ2) is 5.96. The van der Waals surface area contributed by atoms with Crippen molar-refractivity contribution in [2.75, 3.05) is 6.67 Å². The minimum Gasteiger partial charge on any atom is -0.378 e. The van der Waals surface area contributed by atoms with Crippen LogP contribution in [0.25, 0.3) is 0 Å². The third-order valence-electron chi connectivity index (χ3n) is 3.53. The maximum Gasteiger partial charge on any atom is 0.115 e. The summed E-state index contributed by atoms with van der Waals surface area (Å²) >= 11 is 0.